The SMILES string of the molecule is CC1CCN(S(=O)(=O)c2cc(C(=O)NCc3ccc(N(C)C)cc3)n(C)c2)CC1. The van der Waals surface area contributed by atoms with Crippen LogP contribution in [0, 0.1) is 5.92 Å². The summed E-state index contributed by atoms with van der Waals surface area (Å²) in [6.07, 6.45) is 3.26. The molecule has 2 heterocycles. The van der Waals surface area contributed by atoms with Crippen molar-refractivity contribution in [3.63, 3.8) is 0 Å². The Balaban J connectivity index is 1.68. The van der Waals surface area contributed by atoms with Crippen LogP contribution in [-0.2, 0) is 23.6 Å². The first kappa shape index (κ1) is 21.4. The van der Waals surface area contributed by atoms with Crippen LogP contribution in [0.15, 0.2) is 41.4 Å². The number of aryl methyl sites for hydroxylation is 1. The third kappa shape index (κ3) is 4.82. The number of nitrogens with one attached hydrogen (secondary N) is 1. The second-order valence-corrected chi connectivity index (χ2v) is 9.94. The van der Waals surface area contributed by atoms with Crippen LogP contribution in [0.1, 0.15) is 35.8 Å². The van der Waals surface area contributed by atoms with E-state index in [0.29, 0.717) is 31.2 Å². The van der Waals surface area contributed by atoms with Gasteiger partial charge in [0.1, 0.15) is 10.6 Å². The molecule has 0 unspecified atom stereocenters. The zero-order valence-electron chi connectivity index (χ0n) is 17.6. The zero-order valence-corrected chi connectivity index (χ0v) is 18.4. The van der Waals surface area contributed by atoms with Gasteiger partial charge in [-0.05, 0) is 42.5 Å². The van der Waals surface area contributed by atoms with Crippen LogP contribution in [-0.4, -0.2) is 50.4 Å². The monoisotopic (exact) mass is 418 g/mol. The summed E-state index contributed by atoms with van der Waals surface area (Å²) in [6, 6.07) is 9.39. The van der Waals surface area contributed by atoms with Crippen LogP contribution in [0.25, 0.3) is 0 Å². The molecule has 1 aromatic carbocycles. The number of hydrogen-bond acceptors (Lipinski definition) is 4. The molecule has 3 rings (SSSR count). The van der Waals surface area contributed by atoms with Gasteiger partial charge < -0.3 is 14.8 Å². The normalized spacial score (nSPS) is 16.0. The number of hydrogen-bond donors (Lipinski definition) is 1. The Morgan fingerprint density at radius 1 is 1.17 bits per heavy atom. The molecule has 0 aliphatic carbocycles. The summed E-state index contributed by atoms with van der Waals surface area (Å²) in [4.78, 5) is 14.8. The van der Waals surface area contributed by atoms with E-state index in [1.807, 2.05) is 43.3 Å². The van der Waals surface area contributed by atoms with Crippen LogP contribution >= 0.6 is 0 Å². The molecule has 29 heavy (non-hydrogen) atoms. The fourth-order valence-electron chi connectivity index (χ4n) is 3.46. The van der Waals surface area contributed by atoms with Crippen molar-refractivity contribution in [1.29, 1.82) is 0 Å². The summed E-state index contributed by atoms with van der Waals surface area (Å²) in [5, 5.41) is 2.87. The summed E-state index contributed by atoms with van der Waals surface area (Å²) in [5.41, 5.74) is 2.40. The van der Waals surface area contributed by atoms with Crippen molar-refractivity contribution < 1.29 is 13.2 Å². The first-order valence-electron chi connectivity index (χ1n) is 9.89. The van der Waals surface area contributed by atoms with E-state index in [-0.39, 0.29) is 10.8 Å². The Morgan fingerprint density at radius 2 is 1.79 bits per heavy atom. The van der Waals surface area contributed by atoms with Crippen molar-refractivity contribution in [3.05, 3.63) is 47.8 Å². The molecule has 0 spiro atoms. The smallest absolute Gasteiger partial charge is 0.268 e. The Hall–Kier alpha value is -2.32. The molecule has 0 bridgehead atoms. The van der Waals surface area contributed by atoms with Crippen molar-refractivity contribution in [3.8, 4) is 0 Å². The summed E-state index contributed by atoms with van der Waals surface area (Å²) >= 11 is 0. The lowest BCUT2D eigenvalue weighted by Gasteiger charge is -2.29. The lowest BCUT2D eigenvalue weighted by atomic mass is 10.0. The molecule has 1 N–H and O–H groups in total. The number of piperidine rings is 1. The topological polar surface area (TPSA) is 74.7 Å². The predicted octanol–water partition coefficient (Wildman–Crippen LogP) is 2.44. The molecule has 7 nitrogen and oxygen atoms in total. The molecule has 1 aliphatic heterocycles. The van der Waals surface area contributed by atoms with Crippen LogP contribution in [0.5, 0.6) is 0 Å². The number of carbonyl (C=O) groups excluding carboxylic acids is 1. The van der Waals surface area contributed by atoms with Gasteiger partial charge >= 0.3 is 0 Å². The number of aromatic nitrogens is 1. The van der Waals surface area contributed by atoms with Crippen LogP contribution < -0.4 is 10.2 Å². The molecule has 0 saturated carbocycles. The average molecular weight is 419 g/mol. The van der Waals surface area contributed by atoms with Crippen LogP contribution in [0.3, 0.4) is 0 Å². The van der Waals surface area contributed by atoms with Crippen molar-refractivity contribution >= 4 is 21.6 Å². The van der Waals surface area contributed by atoms with Crippen molar-refractivity contribution in [2.24, 2.45) is 13.0 Å². The predicted molar refractivity (Wildman–Crippen MR) is 115 cm³/mol. The third-order valence-electron chi connectivity index (χ3n) is 5.50. The first-order chi connectivity index (χ1) is 13.7. The van der Waals surface area contributed by atoms with Gasteiger partial charge in [0, 0.05) is 52.7 Å². The lowest BCUT2D eigenvalue weighted by molar-refractivity contribution is 0.0942. The number of anilines is 1. The third-order valence-corrected chi connectivity index (χ3v) is 7.36. The minimum absolute atomic E-state index is 0.176. The molecule has 1 aliphatic rings. The maximum atomic E-state index is 12.9. The van der Waals surface area contributed by atoms with Gasteiger partial charge in [0.25, 0.3) is 5.91 Å². The van der Waals surface area contributed by atoms with Gasteiger partial charge in [0.15, 0.2) is 0 Å². The van der Waals surface area contributed by atoms with Gasteiger partial charge in [0.2, 0.25) is 10.0 Å². The van der Waals surface area contributed by atoms with Gasteiger partial charge in [-0.3, -0.25) is 4.79 Å². The highest BCUT2D eigenvalue weighted by Gasteiger charge is 2.30. The van der Waals surface area contributed by atoms with Gasteiger partial charge in [-0.2, -0.15) is 4.31 Å². The lowest BCUT2D eigenvalue weighted by Crippen LogP contribution is -2.37. The quantitative estimate of drug-likeness (QED) is 0.782. The summed E-state index contributed by atoms with van der Waals surface area (Å²) < 4.78 is 28.9. The molecule has 0 atom stereocenters. The molecule has 1 aromatic heterocycles. The summed E-state index contributed by atoms with van der Waals surface area (Å²) in [7, 11) is 2.07. The highest BCUT2D eigenvalue weighted by atomic mass is 32.2. The largest absolute Gasteiger partial charge is 0.378 e. The number of sulfonamides is 1. The summed E-state index contributed by atoms with van der Waals surface area (Å²) in [6.45, 7) is 3.58. The Labute approximate surface area is 173 Å². The van der Waals surface area contributed by atoms with Crippen molar-refractivity contribution in [1.82, 2.24) is 14.2 Å². The molecule has 2 aromatic rings. The molecular formula is C21H30N4O3S. The van der Waals surface area contributed by atoms with E-state index in [2.05, 4.69) is 12.2 Å². The average Bonchev–Trinajstić information content (AvgIpc) is 3.09. The molecule has 1 saturated heterocycles. The molecule has 0 radical (unpaired) electrons. The fraction of sp³-hybridized carbons (Fsp3) is 0.476. The number of carbonyl (C=O) groups is 1. The van der Waals surface area contributed by atoms with E-state index >= 15 is 0 Å². The minimum Gasteiger partial charge on any atom is -0.378 e. The Bertz CT molecular complexity index is 956. The van der Waals surface area contributed by atoms with Gasteiger partial charge in [-0.15, -0.1) is 0 Å². The van der Waals surface area contributed by atoms with Crippen LogP contribution in [0.4, 0.5) is 5.69 Å². The first-order valence-corrected chi connectivity index (χ1v) is 11.3. The number of benzene rings is 1. The van der Waals surface area contributed by atoms with E-state index in [1.165, 1.54) is 16.6 Å². The van der Waals surface area contributed by atoms with Crippen molar-refractivity contribution in [2.45, 2.75) is 31.2 Å². The van der Waals surface area contributed by atoms with Crippen LogP contribution in [0.2, 0.25) is 0 Å². The molecular weight excluding hydrogens is 388 g/mol. The van der Waals surface area contributed by atoms with E-state index in [4.69, 9.17) is 0 Å². The van der Waals surface area contributed by atoms with Gasteiger partial charge in [-0.25, -0.2) is 8.42 Å². The second-order valence-electron chi connectivity index (χ2n) is 8.00. The standard InChI is InChI=1S/C21H30N4O3S/c1-16-9-11-25(12-10-16)29(27,28)19-13-20(24(4)15-19)21(26)22-14-17-5-7-18(8-6-17)23(2)3/h5-8,13,15-16H,9-12,14H2,1-4H3,(H,22,26). The Morgan fingerprint density at radius 3 is 2.38 bits per heavy atom. The second kappa shape index (κ2) is 8.59. The zero-order chi connectivity index (χ0) is 21.2. The van der Waals surface area contributed by atoms with E-state index < -0.39 is 10.0 Å². The minimum atomic E-state index is -3.57. The van der Waals surface area contributed by atoms with E-state index in [1.54, 1.807) is 11.6 Å². The summed E-state index contributed by atoms with van der Waals surface area (Å²) in [5.74, 6) is 0.253. The highest BCUT2D eigenvalue weighted by Crippen LogP contribution is 2.24. The van der Waals surface area contributed by atoms with E-state index in [9.17, 15) is 13.2 Å². The number of rotatable bonds is 6. The fourth-order valence-corrected chi connectivity index (χ4v) is 5.00. The molecule has 8 heteroatoms. The van der Waals surface area contributed by atoms with Gasteiger partial charge in [0.05, 0.1) is 0 Å². The maximum absolute atomic E-state index is 12.9. The Kier molecular flexibility index (Phi) is 6.33. The highest BCUT2D eigenvalue weighted by molar-refractivity contribution is 7.89. The van der Waals surface area contributed by atoms with Gasteiger partial charge in [-0.1, -0.05) is 19.1 Å². The van der Waals surface area contributed by atoms with Crippen molar-refractivity contribution in [2.75, 3.05) is 32.1 Å². The molecule has 158 valence electrons. The molecule has 1 amide bonds. The van der Waals surface area contributed by atoms with E-state index in [0.717, 1.165) is 24.1 Å². The number of nitrogens with zero attached hydrogens (tertiary/aromatic N) is 3. The molecule has 1 fully saturated rings. The number of amides is 1. The maximum Gasteiger partial charge on any atom is 0.268 e.